The maximum absolute atomic E-state index is 5.75. The van der Waals surface area contributed by atoms with Crippen molar-refractivity contribution in [1.29, 1.82) is 0 Å². The fraction of sp³-hybridized carbons (Fsp3) is 0.615. The quantitative estimate of drug-likeness (QED) is 0.786. The van der Waals surface area contributed by atoms with Crippen LogP contribution in [0.2, 0.25) is 0 Å². The Morgan fingerprint density at radius 2 is 2.06 bits per heavy atom. The number of rotatable bonds is 7. The zero-order valence-corrected chi connectivity index (χ0v) is 11.0. The lowest BCUT2D eigenvalue weighted by molar-refractivity contribution is 0.218. The van der Waals surface area contributed by atoms with Crippen LogP contribution in [0.15, 0.2) is 18.3 Å². The minimum Gasteiger partial charge on any atom is -0.476 e. The Balaban J connectivity index is 2.37. The average molecular weight is 237 g/mol. The molecule has 17 heavy (non-hydrogen) atoms. The number of aromatic nitrogens is 1. The lowest BCUT2D eigenvalue weighted by atomic mass is 10.2. The summed E-state index contributed by atoms with van der Waals surface area (Å²) in [6, 6.07) is 3.86. The number of hydrogen-bond acceptors (Lipinski definition) is 4. The van der Waals surface area contributed by atoms with Crippen molar-refractivity contribution in [1.82, 2.24) is 9.88 Å². The molecular formula is C13H23N3O. The lowest BCUT2D eigenvalue weighted by Crippen LogP contribution is -2.28. The van der Waals surface area contributed by atoms with E-state index in [0.29, 0.717) is 12.5 Å². The molecule has 0 amide bonds. The van der Waals surface area contributed by atoms with Gasteiger partial charge in [-0.2, -0.15) is 0 Å². The van der Waals surface area contributed by atoms with E-state index in [1.807, 2.05) is 19.1 Å². The number of likely N-dealkylation sites (N-methyl/N-ethyl adjacent to an activating group) is 1. The topological polar surface area (TPSA) is 51.4 Å². The molecule has 0 saturated heterocycles. The number of pyridine rings is 1. The number of nitrogens with zero attached hydrogens (tertiary/aromatic N) is 2. The van der Waals surface area contributed by atoms with E-state index in [1.165, 1.54) is 0 Å². The van der Waals surface area contributed by atoms with E-state index in [1.54, 1.807) is 6.20 Å². The second kappa shape index (κ2) is 7.25. The Bertz CT molecular complexity index is 307. The third-order valence-corrected chi connectivity index (χ3v) is 2.84. The van der Waals surface area contributed by atoms with Crippen molar-refractivity contribution in [2.45, 2.75) is 26.8 Å². The molecule has 0 radical (unpaired) electrons. The highest BCUT2D eigenvalue weighted by Gasteiger charge is 2.02. The van der Waals surface area contributed by atoms with Gasteiger partial charge in [0, 0.05) is 24.8 Å². The van der Waals surface area contributed by atoms with Crippen LogP contribution >= 0.6 is 0 Å². The van der Waals surface area contributed by atoms with Crippen LogP contribution in [0.25, 0.3) is 0 Å². The van der Waals surface area contributed by atoms with Crippen LogP contribution in [-0.4, -0.2) is 36.1 Å². The van der Waals surface area contributed by atoms with Gasteiger partial charge in [0.25, 0.3) is 0 Å². The molecule has 1 rings (SSSR count). The SMILES string of the molecule is CCN(CC)CCOc1ccc([C@@H](C)N)cn1. The standard InChI is InChI=1S/C13H23N3O/c1-4-16(5-2)8-9-17-13-7-6-12(10-15-13)11(3)14/h6-7,10-11H,4-5,8-9,14H2,1-3H3/t11-/m1/s1. The van der Waals surface area contributed by atoms with Crippen molar-refractivity contribution in [3.63, 3.8) is 0 Å². The monoisotopic (exact) mass is 237 g/mol. The molecule has 1 aromatic heterocycles. The second-order valence-electron chi connectivity index (χ2n) is 4.09. The number of ether oxygens (including phenoxy) is 1. The Morgan fingerprint density at radius 1 is 1.35 bits per heavy atom. The van der Waals surface area contributed by atoms with Crippen LogP contribution in [0.1, 0.15) is 32.4 Å². The van der Waals surface area contributed by atoms with Crippen LogP contribution in [0.3, 0.4) is 0 Å². The normalized spacial score (nSPS) is 12.8. The van der Waals surface area contributed by atoms with E-state index in [0.717, 1.165) is 25.2 Å². The summed E-state index contributed by atoms with van der Waals surface area (Å²) in [4.78, 5) is 6.54. The first-order valence-electron chi connectivity index (χ1n) is 6.24. The summed E-state index contributed by atoms with van der Waals surface area (Å²) < 4.78 is 5.58. The van der Waals surface area contributed by atoms with Crippen molar-refractivity contribution >= 4 is 0 Å². The highest BCUT2D eigenvalue weighted by molar-refractivity contribution is 5.19. The Labute approximate surface area is 104 Å². The maximum Gasteiger partial charge on any atom is 0.213 e. The molecule has 0 aliphatic rings. The first kappa shape index (κ1) is 13.9. The molecule has 0 aliphatic heterocycles. The van der Waals surface area contributed by atoms with E-state index in [4.69, 9.17) is 10.5 Å². The molecule has 2 N–H and O–H groups in total. The summed E-state index contributed by atoms with van der Waals surface area (Å²) in [5, 5.41) is 0. The van der Waals surface area contributed by atoms with Crippen LogP contribution in [-0.2, 0) is 0 Å². The molecule has 4 heteroatoms. The largest absolute Gasteiger partial charge is 0.476 e. The van der Waals surface area contributed by atoms with Gasteiger partial charge in [0.05, 0.1) is 0 Å². The van der Waals surface area contributed by atoms with Gasteiger partial charge in [0.15, 0.2) is 0 Å². The second-order valence-corrected chi connectivity index (χ2v) is 4.09. The summed E-state index contributed by atoms with van der Waals surface area (Å²) >= 11 is 0. The highest BCUT2D eigenvalue weighted by atomic mass is 16.5. The minimum absolute atomic E-state index is 0.0206. The molecule has 0 bridgehead atoms. The average Bonchev–Trinajstić information content (AvgIpc) is 2.35. The number of hydrogen-bond donors (Lipinski definition) is 1. The Hall–Kier alpha value is -1.13. The fourth-order valence-corrected chi connectivity index (χ4v) is 1.57. The minimum atomic E-state index is 0.0206. The van der Waals surface area contributed by atoms with Gasteiger partial charge in [-0.25, -0.2) is 4.98 Å². The smallest absolute Gasteiger partial charge is 0.213 e. The van der Waals surface area contributed by atoms with Crippen molar-refractivity contribution in [2.24, 2.45) is 5.73 Å². The highest BCUT2D eigenvalue weighted by Crippen LogP contribution is 2.12. The van der Waals surface area contributed by atoms with Gasteiger partial charge in [0.2, 0.25) is 5.88 Å². The van der Waals surface area contributed by atoms with E-state index in [2.05, 4.69) is 23.7 Å². The van der Waals surface area contributed by atoms with Gasteiger partial charge in [0.1, 0.15) is 6.61 Å². The van der Waals surface area contributed by atoms with Crippen LogP contribution in [0.4, 0.5) is 0 Å². The molecule has 0 aliphatic carbocycles. The van der Waals surface area contributed by atoms with E-state index in [-0.39, 0.29) is 6.04 Å². The third-order valence-electron chi connectivity index (χ3n) is 2.84. The van der Waals surface area contributed by atoms with Gasteiger partial charge >= 0.3 is 0 Å². The fourth-order valence-electron chi connectivity index (χ4n) is 1.57. The zero-order valence-electron chi connectivity index (χ0n) is 11.0. The predicted molar refractivity (Wildman–Crippen MR) is 70.1 cm³/mol. The van der Waals surface area contributed by atoms with Crippen LogP contribution in [0.5, 0.6) is 5.88 Å². The van der Waals surface area contributed by atoms with Gasteiger partial charge in [-0.05, 0) is 25.6 Å². The predicted octanol–water partition coefficient (Wildman–Crippen LogP) is 1.82. The summed E-state index contributed by atoms with van der Waals surface area (Å²) in [5.41, 5.74) is 6.78. The molecule has 96 valence electrons. The molecule has 1 atom stereocenters. The molecular weight excluding hydrogens is 214 g/mol. The van der Waals surface area contributed by atoms with Crippen molar-refractivity contribution in [3.05, 3.63) is 23.9 Å². The lowest BCUT2D eigenvalue weighted by Gasteiger charge is -2.17. The Kier molecular flexibility index (Phi) is 5.94. The summed E-state index contributed by atoms with van der Waals surface area (Å²) in [6.07, 6.45) is 1.78. The van der Waals surface area contributed by atoms with Crippen molar-refractivity contribution < 1.29 is 4.74 Å². The van der Waals surface area contributed by atoms with Crippen molar-refractivity contribution in [3.8, 4) is 5.88 Å². The summed E-state index contributed by atoms with van der Waals surface area (Å²) in [7, 11) is 0. The van der Waals surface area contributed by atoms with Gasteiger partial charge in [-0.15, -0.1) is 0 Å². The zero-order chi connectivity index (χ0) is 12.7. The van der Waals surface area contributed by atoms with Crippen LogP contribution in [0, 0.1) is 0 Å². The third kappa shape index (κ3) is 4.71. The first-order valence-corrected chi connectivity index (χ1v) is 6.24. The molecule has 0 unspecified atom stereocenters. The molecule has 0 spiro atoms. The molecule has 0 fully saturated rings. The molecule has 4 nitrogen and oxygen atoms in total. The number of nitrogens with two attached hydrogens (primary N) is 1. The first-order chi connectivity index (χ1) is 8.17. The maximum atomic E-state index is 5.75. The van der Waals surface area contributed by atoms with E-state index in [9.17, 15) is 0 Å². The van der Waals surface area contributed by atoms with Crippen molar-refractivity contribution in [2.75, 3.05) is 26.2 Å². The van der Waals surface area contributed by atoms with Gasteiger partial charge in [-0.1, -0.05) is 19.9 Å². The summed E-state index contributed by atoms with van der Waals surface area (Å²) in [6.45, 7) is 9.96. The summed E-state index contributed by atoms with van der Waals surface area (Å²) in [5.74, 6) is 0.668. The van der Waals surface area contributed by atoms with E-state index >= 15 is 0 Å². The molecule has 1 heterocycles. The van der Waals surface area contributed by atoms with Crippen LogP contribution < -0.4 is 10.5 Å². The molecule has 0 saturated carbocycles. The van der Waals surface area contributed by atoms with E-state index < -0.39 is 0 Å². The Morgan fingerprint density at radius 3 is 2.53 bits per heavy atom. The molecule has 0 aromatic carbocycles. The van der Waals surface area contributed by atoms with Gasteiger partial charge in [-0.3, -0.25) is 0 Å². The van der Waals surface area contributed by atoms with Gasteiger partial charge < -0.3 is 15.4 Å². The molecule has 1 aromatic rings.